The van der Waals surface area contributed by atoms with Gasteiger partial charge in [0.1, 0.15) is 0 Å². The number of aromatic nitrogens is 4. The summed E-state index contributed by atoms with van der Waals surface area (Å²) in [6, 6.07) is 12.8. The SMILES string of the molecule is Cc1cccc(N2CCN([C@H](c3nnnn3Cc3ccc4c(c3)OCO4)C(C)C)CC2)c1C. The monoisotopic (exact) mass is 448 g/mol. The molecule has 0 radical (unpaired) electrons. The van der Waals surface area contributed by atoms with Crippen LogP contribution >= 0.6 is 0 Å². The van der Waals surface area contributed by atoms with Crippen LogP contribution in [-0.2, 0) is 6.54 Å². The third-order valence-corrected chi connectivity index (χ3v) is 6.85. The van der Waals surface area contributed by atoms with Crippen molar-refractivity contribution in [1.82, 2.24) is 25.1 Å². The van der Waals surface area contributed by atoms with Crippen molar-refractivity contribution in [1.29, 1.82) is 0 Å². The van der Waals surface area contributed by atoms with Crippen molar-refractivity contribution in [2.45, 2.75) is 40.3 Å². The molecule has 2 aromatic carbocycles. The van der Waals surface area contributed by atoms with E-state index >= 15 is 0 Å². The molecule has 0 unspecified atom stereocenters. The molecule has 8 nitrogen and oxygen atoms in total. The van der Waals surface area contributed by atoms with Gasteiger partial charge < -0.3 is 14.4 Å². The van der Waals surface area contributed by atoms with E-state index < -0.39 is 0 Å². The van der Waals surface area contributed by atoms with Gasteiger partial charge in [-0.25, -0.2) is 4.68 Å². The van der Waals surface area contributed by atoms with E-state index in [1.54, 1.807) is 0 Å². The zero-order chi connectivity index (χ0) is 22.9. The molecule has 0 amide bonds. The Labute approximate surface area is 195 Å². The van der Waals surface area contributed by atoms with Gasteiger partial charge in [-0.05, 0) is 65.1 Å². The number of rotatable bonds is 6. The second-order valence-electron chi connectivity index (χ2n) is 9.31. The Morgan fingerprint density at radius 3 is 2.55 bits per heavy atom. The van der Waals surface area contributed by atoms with E-state index in [1.807, 2.05) is 22.9 Å². The number of piperazine rings is 1. The predicted molar refractivity (Wildman–Crippen MR) is 127 cm³/mol. The van der Waals surface area contributed by atoms with Gasteiger partial charge in [-0.1, -0.05) is 32.0 Å². The summed E-state index contributed by atoms with van der Waals surface area (Å²) >= 11 is 0. The number of aryl methyl sites for hydroxylation is 1. The number of benzene rings is 2. The van der Waals surface area contributed by atoms with E-state index in [-0.39, 0.29) is 12.8 Å². The molecule has 1 fully saturated rings. The molecule has 1 atom stereocenters. The first-order chi connectivity index (χ1) is 16.0. The molecule has 0 aliphatic carbocycles. The van der Waals surface area contributed by atoms with E-state index in [2.05, 4.69) is 71.2 Å². The van der Waals surface area contributed by atoms with Crippen molar-refractivity contribution < 1.29 is 9.47 Å². The molecular formula is C25H32N6O2. The molecular weight excluding hydrogens is 416 g/mol. The van der Waals surface area contributed by atoms with Crippen LogP contribution in [0.15, 0.2) is 36.4 Å². The highest BCUT2D eigenvalue weighted by atomic mass is 16.7. The Morgan fingerprint density at radius 1 is 0.970 bits per heavy atom. The Kier molecular flexibility index (Phi) is 5.93. The molecule has 0 spiro atoms. The van der Waals surface area contributed by atoms with Crippen molar-refractivity contribution in [3.8, 4) is 11.5 Å². The molecule has 0 bridgehead atoms. The summed E-state index contributed by atoms with van der Waals surface area (Å²) in [5.74, 6) is 2.88. The molecule has 2 aliphatic heterocycles. The summed E-state index contributed by atoms with van der Waals surface area (Å²) in [5.41, 5.74) is 5.16. The van der Waals surface area contributed by atoms with Crippen molar-refractivity contribution in [2.75, 3.05) is 37.9 Å². The van der Waals surface area contributed by atoms with Crippen molar-refractivity contribution in [3.63, 3.8) is 0 Å². The van der Waals surface area contributed by atoms with Crippen LogP contribution < -0.4 is 14.4 Å². The number of hydrogen-bond donors (Lipinski definition) is 0. The highest BCUT2D eigenvalue weighted by molar-refractivity contribution is 5.56. The van der Waals surface area contributed by atoms with Crippen LogP contribution in [0.1, 0.15) is 42.4 Å². The standard InChI is InChI=1S/C25H32N6O2/c1-17(2)24(30-12-10-29(11-13-30)21-7-5-6-18(3)19(21)4)25-26-27-28-31(25)15-20-8-9-22-23(14-20)33-16-32-22/h5-9,14,17,24H,10-13,15-16H2,1-4H3/t24-/m0/s1. The molecule has 5 rings (SSSR count). The van der Waals surface area contributed by atoms with Crippen LogP contribution in [0.5, 0.6) is 11.5 Å². The van der Waals surface area contributed by atoms with Gasteiger partial charge in [-0.3, -0.25) is 4.90 Å². The molecule has 33 heavy (non-hydrogen) atoms. The minimum Gasteiger partial charge on any atom is -0.454 e. The Bertz CT molecular complexity index is 1120. The van der Waals surface area contributed by atoms with Crippen molar-refractivity contribution in [2.24, 2.45) is 5.92 Å². The third-order valence-electron chi connectivity index (χ3n) is 6.85. The average molecular weight is 449 g/mol. The topological polar surface area (TPSA) is 68.5 Å². The highest BCUT2D eigenvalue weighted by Crippen LogP contribution is 2.34. The van der Waals surface area contributed by atoms with Crippen LogP contribution in [0.4, 0.5) is 5.69 Å². The Morgan fingerprint density at radius 2 is 1.76 bits per heavy atom. The molecule has 0 N–H and O–H groups in total. The van der Waals surface area contributed by atoms with E-state index in [0.717, 1.165) is 49.1 Å². The summed E-state index contributed by atoms with van der Waals surface area (Å²) in [6.45, 7) is 13.7. The normalized spacial score (nSPS) is 17.1. The lowest BCUT2D eigenvalue weighted by Crippen LogP contribution is -2.49. The first kappa shape index (κ1) is 21.7. The van der Waals surface area contributed by atoms with E-state index in [1.165, 1.54) is 16.8 Å². The molecule has 1 saturated heterocycles. The van der Waals surface area contributed by atoms with Crippen molar-refractivity contribution >= 4 is 5.69 Å². The van der Waals surface area contributed by atoms with Crippen LogP contribution in [0.2, 0.25) is 0 Å². The Balaban J connectivity index is 1.32. The second-order valence-corrected chi connectivity index (χ2v) is 9.31. The molecule has 3 aromatic rings. The summed E-state index contributed by atoms with van der Waals surface area (Å²) in [7, 11) is 0. The summed E-state index contributed by atoms with van der Waals surface area (Å²) in [5, 5.41) is 12.9. The fourth-order valence-electron chi connectivity index (χ4n) is 4.95. The van der Waals surface area contributed by atoms with Crippen LogP contribution in [0.3, 0.4) is 0 Å². The van der Waals surface area contributed by atoms with Crippen LogP contribution in [0, 0.1) is 19.8 Å². The molecule has 0 saturated carbocycles. The quantitative estimate of drug-likeness (QED) is 0.571. The number of tetrazole rings is 1. The lowest BCUT2D eigenvalue weighted by atomic mass is 10.00. The minimum atomic E-state index is 0.162. The first-order valence-electron chi connectivity index (χ1n) is 11.7. The third kappa shape index (κ3) is 4.27. The summed E-state index contributed by atoms with van der Waals surface area (Å²) in [6.07, 6.45) is 0. The number of anilines is 1. The minimum absolute atomic E-state index is 0.162. The lowest BCUT2D eigenvalue weighted by Gasteiger charge is -2.41. The maximum absolute atomic E-state index is 5.54. The van der Waals surface area contributed by atoms with Gasteiger partial charge >= 0.3 is 0 Å². The molecule has 8 heteroatoms. The Hall–Kier alpha value is -3.13. The zero-order valence-electron chi connectivity index (χ0n) is 19.9. The fourth-order valence-corrected chi connectivity index (χ4v) is 4.95. The highest BCUT2D eigenvalue weighted by Gasteiger charge is 2.32. The number of nitrogens with zero attached hydrogens (tertiary/aromatic N) is 6. The summed E-state index contributed by atoms with van der Waals surface area (Å²) in [4.78, 5) is 5.04. The largest absolute Gasteiger partial charge is 0.454 e. The number of ether oxygens (including phenoxy) is 2. The van der Waals surface area contributed by atoms with Gasteiger partial charge in [0.15, 0.2) is 17.3 Å². The van der Waals surface area contributed by atoms with Gasteiger partial charge in [0, 0.05) is 31.9 Å². The van der Waals surface area contributed by atoms with Gasteiger partial charge in [-0.2, -0.15) is 0 Å². The molecule has 3 heterocycles. The van der Waals surface area contributed by atoms with E-state index in [0.29, 0.717) is 12.5 Å². The van der Waals surface area contributed by atoms with Gasteiger partial charge in [0.25, 0.3) is 0 Å². The van der Waals surface area contributed by atoms with E-state index in [4.69, 9.17) is 9.47 Å². The smallest absolute Gasteiger partial charge is 0.231 e. The van der Waals surface area contributed by atoms with Crippen molar-refractivity contribution in [3.05, 3.63) is 58.9 Å². The maximum atomic E-state index is 5.54. The fraction of sp³-hybridized carbons (Fsp3) is 0.480. The first-order valence-corrected chi connectivity index (χ1v) is 11.7. The number of hydrogen-bond acceptors (Lipinski definition) is 7. The van der Waals surface area contributed by atoms with Gasteiger partial charge in [0.05, 0.1) is 12.6 Å². The zero-order valence-corrected chi connectivity index (χ0v) is 19.9. The number of fused-ring (bicyclic) bond motifs is 1. The molecule has 174 valence electrons. The second kappa shape index (κ2) is 9.02. The molecule has 1 aromatic heterocycles. The average Bonchev–Trinajstić information content (AvgIpc) is 3.46. The maximum Gasteiger partial charge on any atom is 0.231 e. The predicted octanol–water partition coefficient (Wildman–Crippen LogP) is 3.59. The van der Waals surface area contributed by atoms with Crippen LogP contribution in [-0.4, -0.2) is 58.1 Å². The van der Waals surface area contributed by atoms with Crippen LogP contribution in [0.25, 0.3) is 0 Å². The van der Waals surface area contributed by atoms with Gasteiger partial charge in [-0.15, -0.1) is 5.10 Å². The van der Waals surface area contributed by atoms with Gasteiger partial charge in [0.2, 0.25) is 6.79 Å². The molecule has 2 aliphatic rings. The summed E-state index contributed by atoms with van der Waals surface area (Å²) < 4.78 is 12.9. The lowest BCUT2D eigenvalue weighted by molar-refractivity contribution is 0.135. The van der Waals surface area contributed by atoms with E-state index in [9.17, 15) is 0 Å².